The van der Waals surface area contributed by atoms with Gasteiger partial charge in [-0.25, -0.2) is 9.97 Å². The Hall–Kier alpha value is -3.01. The quantitative estimate of drug-likeness (QED) is 0.515. The van der Waals surface area contributed by atoms with Crippen molar-refractivity contribution in [3.63, 3.8) is 0 Å². The number of hydrogen-bond acceptors (Lipinski definition) is 7. The summed E-state index contributed by atoms with van der Waals surface area (Å²) in [6.07, 6.45) is 4.63. The normalized spacial score (nSPS) is 16.8. The van der Waals surface area contributed by atoms with Crippen LogP contribution in [0.5, 0.6) is 0 Å². The van der Waals surface area contributed by atoms with Gasteiger partial charge in [-0.1, -0.05) is 17.7 Å². The van der Waals surface area contributed by atoms with E-state index in [9.17, 15) is 9.59 Å². The van der Waals surface area contributed by atoms with E-state index in [0.29, 0.717) is 36.4 Å². The van der Waals surface area contributed by atoms with Crippen LogP contribution in [0, 0.1) is 0 Å². The number of ether oxygens (including phenoxy) is 1. The maximum Gasteiger partial charge on any atom is 0.248 e. The van der Waals surface area contributed by atoms with Gasteiger partial charge in [-0.3, -0.25) is 9.59 Å². The molecule has 8 nitrogen and oxygen atoms in total. The number of carbonyl (C=O) groups is 2. The number of aromatic nitrogens is 2. The molecule has 10 heteroatoms. The first-order chi connectivity index (χ1) is 16.0. The lowest BCUT2D eigenvalue weighted by atomic mass is 10.1. The lowest BCUT2D eigenvalue weighted by molar-refractivity contribution is -0.152. The maximum absolute atomic E-state index is 13.3. The van der Waals surface area contributed by atoms with E-state index in [1.807, 2.05) is 31.2 Å². The van der Waals surface area contributed by atoms with Gasteiger partial charge in [0.1, 0.15) is 18.2 Å². The molecule has 2 aromatic heterocycles. The molecule has 0 bridgehead atoms. The molecule has 1 aliphatic rings. The van der Waals surface area contributed by atoms with E-state index in [1.54, 1.807) is 21.9 Å². The fraction of sp³-hybridized carbons (Fsp3) is 0.304. The lowest BCUT2D eigenvalue weighted by Crippen LogP contribution is -2.59. The number of nitrogens with zero attached hydrogens (tertiary/aromatic N) is 4. The van der Waals surface area contributed by atoms with Crippen LogP contribution < -0.4 is 5.73 Å². The molecule has 0 saturated carbocycles. The molecule has 33 heavy (non-hydrogen) atoms. The van der Waals surface area contributed by atoms with E-state index in [1.165, 1.54) is 23.7 Å². The standard InChI is InChI=1S/C23H24ClN5O3S/c1-2-32-13-19-23(31)28(12-15-3-6-17-18(11-15)26-14-27-22(17)25)9-10-29(19)21(30)8-5-16-4-7-20(24)33-16/h3-8,11,14,19H,2,9-10,12-13H2,1H3,(H2,25,26,27)/t19-/m0/s1. The summed E-state index contributed by atoms with van der Waals surface area (Å²) in [4.78, 5) is 38.7. The summed E-state index contributed by atoms with van der Waals surface area (Å²) >= 11 is 7.34. The molecular weight excluding hydrogens is 462 g/mol. The second kappa shape index (κ2) is 10.3. The fourth-order valence-corrected chi connectivity index (χ4v) is 4.72. The van der Waals surface area contributed by atoms with Crippen LogP contribution in [0.2, 0.25) is 4.34 Å². The molecule has 0 spiro atoms. The molecule has 3 aromatic rings. The van der Waals surface area contributed by atoms with Gasteiger partial charge in [-0.2, -0.15) is 0 Å². The Kier molecular flexibility index (Phi) is 7.22. The van der Waals surface area contributed by atoms with Gasteiger partial charge < -0.3 is 20.3 Å². The molecule has 1 aliphatic heterocycles. The number of nitrogens with two attached hydrogens (primary N) is 1. The molecular formula is C23H24ClN5O3S. The molecule has 1 aromatic carbocycles. The monoisotopic (exact) mass is 485 g/mol. The van der Waals surface area contributed by atoms with Crippen molar-refractivity contribution in [1.82, 2.24) is 19.8 Å². The van der Waals surface area contributed by atoms with E-state index in [2.05, 4.69) is 9.97 Å². The highest BCUT2D eigenvalue weighted by atomic mass is 35.5. The topological polar surface area (TPSA) is 102 Å². The van der Waals surface area contributed by atoms with Crippen LogP contribution in [-0.4, -0.2) is 63.9 Å². The SMILES string of the molecule is CCOC[C@H]1C(=O)N(Cc2ccc3c(N)ncnc3c2)CCN1C(=O)C=Cc1ccc(Cl)s1. The third kappa shape index (κ3) is 5.32. The smallest absolute Gasteiger partial charge is 0.248 e. The number of benzene rings is 1. The Morgan fingerprint density at radius 1 is 1.30 bits per heavy atom. The van der Waals surface area contributed by atoms with Crippen molar-refractivity contribution in [3.05, 3.63) is 57.5 Å². The highest BCUT2D eigenvalue weighted by Gasteiger charge is 2.36. The molecule has 4 rings (SSSR count). The Balaban J connectivity index is 1.49. The van der Waals surface area contributed by atoms with E-state index in [0.717, 1.165) is 21.3 Å². The van der Waals surface area contributed by atoms with Crippen LogP contribution in [0.15, 0.2) is 42.7 Å². The van der Waals surface area contributed by atoms with Crippen molar-refractivity contribution < 1.29 is 14.3 Å². The number of anilines is 1. The van der Waals surface area contributed by atoms with Gasteiger partial charge in [0.15, 0.2) is 0 Å². The number of amides is 2. The molecule has 1 saturated heterocycles. The lowest BCUT2D eigenvalue weighted by Gasteiger charge is -2.40. The van der Waals surface area contributed by atoms with Gasteiger partial charge in [0.2, 0.25) is 11.8 Å². The van der Waals surface area contributed by atoms with Gasteiger partial charge in [-0.15, -0.1) is 11.3 Å². The van der Waals surface area contributed by atoms with Gasteiger partial charge in [0.25, 0.3) is 0 Å². The first-order valence-electron chi connectivity index (χ1n) is 10.6. The molecule has 2 N–H and O–H groups in total. The van der Waals surface area contributed by atoms with Crippen molar-refractivity contribution in [2.75, 3.05) is 32.0 Å². The highest BCUT2D eigenvalue weighted by molar-refractivity contribution is 7.17. The van der Waals surface area contributed by atoms with E-state index in [4.69, 9.17) is 22.1 Å². The predicted octanol–water partition coefficient (Wildman–Crippen LogP) is 3.22. The van der Waals surface area contributed by atoms with Gasteiger partial charge >= 0.3 is 0 Å². The second-order valence-electron chi connectivity index (χ2n) is 7.55. The van der Waals surface area contributed by atoms with Gasteiger partial charge in [0.05, 0.1) is 16.5 Å². The van der Waals surface area contributed by atoms with Gasteiger partial charge in [-0.05, 0) is 42.8 Å². The number of nitrogen functional groups attached to an aromatic ring is 1. The third-order valence-electron chi connectivity index (χ3n) is 5.44. The number of carbonyl (C=O) groups excluding carboxylic acids is 2. The number of halogens is 1. The zero-order valence-electron chi connectivity index (χ0n) is 18.1. The molecule has 1 fully saturated rings. The zero-order chi connectivity index (χ0) is 23.4. The summed E-state index contributed by atoms with van der Waals surface area (Å²) < 4.78 is 6.20. The average molecular weight is 486 g/mol. The Morgan fingerprint density at radius 2 is 2.15 bits per heavy atom. The van der Waals surface area contributed by atoms with Crippen LogP contribution in [-0.2, 0) is 20.9 Å². The van der Waals surface area contributed by atoms with Crippen molar-refractivity contribution in [3.8, 4) is 0 Å². The highest BCUT2D eigenvalue weighted by Crippen LogP contribution is 2.23. The maximum atomic E-state index is 13.3. The first-order valence-corrected chi connectivity index (χ1v) is 11.8. The van der Waals surface area contributed by atoms with Crippen LogP contribution in [0.25, 0.3) is 17.0 Å². The minimum Gasteiger partial charge on any atom is -0.383 e. The number of hydrogen-bond donors (Lipinski definition) is 1. The van der Waals surface area contributed by atoms with Crippen LogP contribution in [0.4, 0.5) is 5.82 Å². The largest absolute Gasteiger partial charge is 0.383 e. The summed E-state index contributed by atoms with van der Waals surface area (Å²) in [6, 6.07) is 8.64. The number of fused-ring (bicyclic) bond motifs is 1. The second-order valence-corrected chi connectivity index (χ2v) is 9.30. The van der Waals surface area contributed by atoms with Crippen molar-refractivity contribution >= 4 is 57.5 Å². The molecule has 3 heterocycles. The molecule has 172 valence electrons. The average Bonchev–Trinajstić information content (AvgIpc) is 3.23. The molecule has 0 radical (unpaired) electrons. The van der Waals surface area contributed by atoms with E-state index < -0.39 is 6.04 Å². The van der Waals surface area contributed by atoms with Crippen molar-refractivity contribution in [2.45, 2.75) is 19.5 Å². The van der Waals surface area contributed by atoms with E-state index >= 15 is 0 Å². The van der Waals surface area contributed by atoms with Crippen LogP contribution in [0.3, 0.4) is 0 Å². The number of thiophene rings is 1. The van der Waals surface area contributed by atoms with Gasteiger partial charge in [0, 0.05) is 42.6 Å². The summed E-state index contributed by atoms with van der Waals surface area (Å²) in [5.41, 5.74) is 7.56. The summed E-state index contributed by atoms with van der Waals surface area (Å²) in [5, 5.41) is 0.774. The van der Waals surface area contributed by atoms with Crippen molar-refractivity contribution in [2.24, 2.45) is 0 Å². The minimum atomic E-state index is -0.679. The number of piperazine rings is 1. The Morgan fingerprint density at radius 3 is 2.91 bits per heavy atom. The van der Waals surface area contributed by atoms with Crippen LogP contribution >= 0.6 is 22.9 Å². The number of rotatable bonds is 7. The van der Waals surface area contributed by atoms with Crippen LogP contribution in [0.1, 0.15) is 17.4 Å². The first kappa shape index (κ1) is 23.2. The van der Waals surface area contributed by atoms with E-state index in [-0.39, 0.29) is 18.4 Å². The minimum absolute atomic E-state index is 0.141. The summed E-state index contributed by atoms with van der Waals surface area (Å²) in [6.45, 7) is 3.72. The Labute approximate surface area is 200 Å². The third-order valence-corrected chi connectivity index (χ3v) is 6.63. The molecule has 0 unspecified atom stereocenters. The molecule has 1 atom stereocenters. The zero-order valence-corrected chi connectivity index (χ0v) is 19.7. The van der Waals surface area contributed by atoms with Crippen molar-refractivity contribution in [1.29, 1.82) is 0 Å². The molecule has 2 amide bonds. The molecule has 0 aliphatic carbocycles. The fourth-order valence-electron chi connectivity index (χ4n) is 3.76. The summed E-state index contributed by atoms with van der Waals surface area (Å²) in [5.74, 6) is 0.0532. The summed E-state index contributed by atoms with van der Waals surface area (Å²) in [7, 11) is 0. The Bertz CT molecular complexity index is 1200. The predicted molar refractivity (Wildman–Crippen MR) is 130 cm³/mol.